The third-order valence-corrected chi connectivity index (χ3v) is 5.22. The molecular formula is C22H25F3O3. The highest BCUT2D eigenvalue weighted by molar-refractivity contribution is 5.32. The average Bonchev–Trinajstić information content (AvgIpc) is 2.71. The van der Waals surface area contributed by atoms with Crippen molar-refractivity contribution in [2.75, 3.05) is 13.7 Å². The predicted octanol–water partition coefficient (Wildman–Crippen LogP) is 5.75. The Balaban J connectivity index is 1.53. The van der Waals surface area contributed by atoms with Crippen LogP contribution in [-0.2, 0) is 11.3 Å². The second-order valence-electron chi connectivity index (χ2n) is 6.96. The summed E-state index contributed by atoms with van der Waals surface area (Å²) in [7, 11) is 1.29. The number of hydrogen-bond acceptors (Lipinski definition) is 3. The Kier molecular flexibility index (Phi) is 6.83. The molecule has 3 rings (SSSR count). The Bertz CT molecular complexity index is 802. The first kappa shape index (κ1) is 20.5. The van der Waals surface area contributed by atoms with Crippen LogP contribution in [0.15, 0.2) is 30.3 Å². The van der Waals surface area contributed by atoms with Crippen molar-refractivity contribution in [3.05, 3.63) is 58.9 Å². The van der Waals surface area contributed by atoms with E-state index >= 15 is 0 Å². The van der Waals surface area contributed by atoms with Crippen molar-refractivity contribution in [1.82, 2.24) is 0 Å². The highest BCUT2D eigenvalue weighted by atomic mass is 19.2. The van der Waals surface area contributed by atoms with Crippen LogP contribution in [0.2, 0.25) is 0 Å². The molecule has 1 aliphatic rings. The second-order valence-corrected chi connectivity index (χ2v) is 6.96. The van der Waals surface area contributed by atoms with Crippen LogP contribution in [0, 0.1) is 17.5 Å². The number of ether oxygens (including phenoxy) is 3. The summed E-state index contributed by atoms with van der Waals surface area (Å²) in [6.07, 6.45) is 3.28. The van der Waals surface area contributed by atoms with Crippen molar-refractivity contribution in [3.63, 3.8) is 0 Å². The first-order valence-corrected chi connectivity index (χ1v) is 9.58. The number of benzene rings is 2. The highest BCUT2D eigenvalue weighted by Gasteiger charge is 2.24. The smallest absolute Gasteiger partial charge is 0.200 e. The van der Waals surface area contributed by atoms with E-state index in [0.29, 0.717) is 6.61 Å². The topological polar surface area (TPSA) is 27.7 Å². The minimum absolute atomic E-state index is 0.0137. The molecule has 1 aliphatic carbocycles. The van der Waals surface area contributed by atoms with E-state index in [1.54, 1.807) is 12.1 Å². The lowest BCUT2D eigenvalue weighted by molar-refractivity contribution is 0.0118. The first-order chi connectivity index (χ1) is 13.5. The van der Waals surface area contributed by atoms with E-state index in [4.69, 9.17) is 14.2 Å². The van der Waals surface area contributed by atoms with Gasteiger partial charge in [-0.15, -0.1) is 0 Å². The lowest BCUT2D eigenvalue weighted by Gasteiger charge is -2.29. The molecule has 0 unspecified atom stereocenters. The van der Waals surface area contributed by atoms with Gasteiger partial charge >= 0.3 is 0 Å². The van der Waals surface area contributed by atoms with Crippen LogP contribution in [0.1, 0.15) is 49.7 Å². The van der Waals surface area contributed by atoms with Gasteiger partial charge in [0, 0.05) is 5.56 Å². The molecule has 0 atom stereocenters. The average molecular weight is 394 g/mol. The van der Waals surface area contributed by atoms with Crippen molar-refractivity contribution in [1.29, 1.82) is 0 Å². The predicted molar refractivity (Wildman–Crippen MR) is 100 cm³/mol. The van der Waals surface area contributed by atoms with Crippen LogP contribution >= 0.6 is 0 Å². The van der Waals surface area contributed by atoms with Gasteiger partial charge in [0.2, 0.25) is 5.82 Å². The molecule has 0 amide bonds. The minimum atomic E-state index is -0.996. The Morgan fingerprint density at radius 2 is 1.64 bits per heavy atom. The Labute approximate surface area is 163 Å². The summed E-state index contributed by atoms with van der Waals surface area (Å²) in [6.45, 7) is 2.26. The van der Waals surface area contributed by atoms with Gasteiger partial charge in [0.1, 0.15) is 0 Å². The molecule has 3 nitrogen and oxygen atoms in total. The zero-order chi connectivity index (χ0) is 20.1. The molecule has 2 aromatic carbocycles. The molecule has 0 radical (unpaired) electrons. The fraction of sp³-hybridized carbons (Fsp3) is 0.455. The van der Waals surface area contributed by atoms with Crippen molar-refractivity contribution >= 4 is 0 Å². The second kappa shape index (κ2) is 9.32. The van der Waals surface area contributed by atoms with Crippen molar-refractivity contribution in [3.8, 4) is 11.5 Å². The van der Waals surface area contributed by atoms with Crippen LogP contribution in [0.4, 0.5) is 13.2 Å². The lowest BCUT2D eigenvalue weighted by atomic mass is 9.82. The lowest BCUT2D eigenvalue weighted by Crippen LogP contribution is -2.21. The largest absolute Gasteiger partial charge is 0.494 e. The van der Waals surface area contributed by atoms with Crippen LogP contribution in [0.5, 0.6) is 11.5 Å². The van der Waals surface area contributed by atoms with Gasteiger partial charge in [-0.05, 0) is 68.4 Å². The Morgan fingerprint density at radius 3 is 2.29 bits per heavy atom. The molecule has 0 saturated heterocycles. The number of halogens is 3. The van der Waals surface area contributed by atoms with E-state index in [2.05, 4.69) is 0 Å². The van der Waals surface area contributed by atoms with Crippen molar-refractivity contribution in [2.45, 2.75) is 51.2 Å². The SMILES string of the molecule is CCOc1ccc(C2CCC(OCc3ccc(OC)c(F)c3F)CC2)cc1F. The Hall–Kier alpha value is -2.21. The summed E-state index contributed by atoms with van der Waals surface area (Å²) in [5.41, 5.74) is 1.14. The van der Waals surface area contributed by atoms with Crippen molar-refractivity contribution in [2.24, 2.45) is 0 Å². The van der Waals surface area contributed by atoms with Gasteiger partial charge in [0.05, 0.1) is 26.4 Å². The fourth-order valence-corrected chi connectivity index (χ4v) is 3.65. The Morgan fingerprint density at radius 1 is 0.929 bits per heavy atom. The van der Waals surface area contributed by atoms with E-state index in [0.717, 1.165) is 31.2 Å². The maximum Gasteiger partial charge on any atom is 0.200 e. The number of methoxy groups -OCH3 is 1. The van der Waals surface area contributed by atoms with E-state index in [9.17, 15) is 13.2 Å². The number of hydrogen-bond donors (Lipinski definition) is 0. The van der Waals surface area contributed by atoms with E-state index < -0.39 is 11.6 Å². The molecule has 0 spiro atoms. The van der Waals surface area contributed by atoms with Gasteiger partial charge in [-0.1, -0.05) is 6.07 Å². The molecule has 0 heterocycles. The molecule has 1 fully saturated rings. The molecule has 2 aromatic rings. The summed E-state index contributed by atoms with van der Waals surface area (Å²) >= 11 is 0. The molecule has 0 N–H and O–H groups in total. The van der Waals surface area contributed by atoms with Gasteiger partial charge in [-0.2, -0.15) is 4.39 Å². The first-order valence-electron chi connectivity index (χ1n) is 9.58. The standard InChI is InChI=1S/C22H25F3O3/c1-3-27-19-10-6-15(12-18(19)23)14-4-8-17(9-5-14)28-13-16-7-11-20(26-2)22(25)21(16)24/h6-7,10-12,14,17H,3-5,8-9,13H2,1-2H3. The van der Waals surface area contributed by atoms with E-state index in [1.807, 2.05) is 13.0 Å². The summed E-state index contributed by atoms with van der Waals surface area (Å²) in [5.74, 6) is -1.85. The van der Waals surface area contributed by atoms with Gasteiger partial charge in [-0.3, -0.25) is 0 Å². The van der Waals surface area contributed by atoms with Gasteiger partial charge < -0.3 is 14.2 Å². The molecule has 152 valence electrons. The number of rotatable bonds is 7. The van der Waals surface area contributed by atoms with Gasteiger partial charge in [0.15, 0.2) is 23.1 Å². The maximum absolute atomic E-state index is 14.1. The minimum Gasteiger partial charge on any atom is -0.494 e. The van der Waals surface area contributed by atoms with E-state index in [1.165, 1.54) is 19.2 Å². The van der Waals surface area contributed by atoms with Crippen LogP contribution in [-0.4, -0.2) is 19.8 Å². The molecule has 1 saturated carbocycles. The monoisotopic (exact) mass is 394 g/mol. The maximum atomic E-state index is 14.1. The molecule has 6 heteroatoms. The zero-order valence-electron chi connectivity index (χ0n) is 16.1. The third kappa shape index (κ3) is 4.61. The summed E-state index contributed by atoms with van der Waals surface area (Å²) in [6, 6.07) is 8.01. The van der Waals surface area contributed by atoms with Gasteiger partial charge in [0.25, 0.3) is 0 Å². The highest BCUT2D eigenvalue weighted by Crippen LogP contribution is 2.36. The zero-order valence-corrected chi connectivity index (χ0v) is 16.1. The van der Waals surface area contributed by atoms with Crippen LogP contribution in [0.25, 0.3) is 0 Å². The molecule has 0 bridgehead atoms. The summed E-state index contributed by atoms with van der Waals surface area (Å²) in [5, 5.41) is 0. The van der Waals surface area contributed by atoms with E-state index in [-0.39, 0.29) is 41.5 Å². The summed E-state index contributed by atoms with van der Waals surface area (Å²) < 4.78 is 57.7. The van der Waals surface area contributed by atoms with Crippen LogP contribution < -0.4 is 9.47 Å². The van der Waals surface area contributed by atoms with Gasteiger partial charge in [-0.25, -0.2) is 8.78 Å². The molecule has 0 aromatic heterocycles. The van der Waals surface area contributed by atoms with Crippen LogP contribution in [0.3, 0.4) is 0 Å². The summed E-state index contributed by atoms with van der Waals surface area (Å²) in [4.78, 5) is 0. The molecular weight excluding hydrogens is 369 g/mol. The van der Waals surface area contributed by atoms with Crippen molar-refractivity contribution < 1.29 is 27.4 Å². The fourth-order valence-electron chi connectivity index (χ4n) is 3.65. The third-order valence-electron chi connectivity index (χ3n) is 5.22. The molecule has 28 heavy (non-hydrogen) atoms. The molecule has 0 aliphatic heterocycles. The quantitative estimate of drug-likeness (QED) is 0.598. The normalized spacial score (nSPS) is 19.5.